The van der Waals surface area contributed by atoms with Gasteiger partial charge in [0.1, 0.15) is 5.75 Å². The van der Waals surface area contributed by atoms with Crippen molar-refractivity contribution in [2.45, 2.75) is 6.92 Å². The highest BCUT2D eigenvalue weighted by Crippen LogP contribution is 2.16. The van der Waals surface area contributed by atoms with Crippen LogP contribution in [0.25, 0.3) is 0 Å². The zero-order valence-corrected chi connectivity index (χ0v) is 7.74. The van der Waals surface area contributed by atoms with Gasteiger partial charge in [0.2, 0.25) is 0 Å². The summed E-state index contributed by atoms with van der Waals surface area (Å²) < 4.78 is 5.01. The van der Waals surface area contributed by atoms with E-state index in [2.05, 4.69) is 16.8 Å². The summed E-state index contributed by atoms with van der Waals surface area (Å²) >= 11 is 0. The molecular weight excluding hydrogens is 162 g/mol. The smallest absolute Gasteiger partial charge is 0.119 e. The van der Waals surface area contributed by atoms with E-state index in [9.17, 15) is 0 Å². The highest BCUT2D eigenvalue weighted by molar-refractivity contribution is 5.80. The van der Waals surface area contributed by atoms with Crippen molar-refractivity contribution in [1.29, 1.82) is 0 Å². The average Bonchev–Trinajstić information content (AvgIpc) is 2.19. The third-order valence-corrected chi connectivity index (χ3v) is 1.49. The fraction of sp³-hybridized carbons (Fsp3) is 0.182. The number of benzene rings is 1. The first-order chi connectivity index (χ1) is 6.36. The van der Waals surface area contributed by atoms with Crippen molar-refractivity contribution >= 4 is 11.9 Å². The van der Waals surface area contributed by atoms with Gasteiger partial charge < -0.3 is 4.74 Å². The summed E-state index contributed by atoms with van der Waals surface area (Å²) in [5.74, 6) is 6.32. The summed E-state index contributed by atoms with van der Waals surface area (Å²) in [6.07, 6.45) is 1.59. The van der Waals surface area contributed by atoms with Crippen LogP contribution >= 0.6 is 0 Å². The van der Waals surface area contributed by atoms with Gasteiger partial charge in [0, 0.05) is 0 Å². The minimum absolute atomic E-state index is 0.834. The molecule has 0 aliphatic rings. The second kappa shape index (κ2) is 5.00. The van der Waals surface area contributed by atoms with E-state index in [0.717, 1.165) is 11.4 Å². The molecule has 0 aromatic heterocycles. The van der Waals surface area contributed by atoms with Crippen molar-refractivity contribution in [2.24, 2.45) is 4.99 Å². The van der Waals surface area contributed by atoms with Crippen LogP contribution < -0.4 is 4.74 Å². The molecule has 66 valence electrons. The first-order valence-corrected chi connectivity index (χ1v) is 3.95. The van der Waals surface area contributed by atoms with Crippen LogP contribution in [0.5, 0.6) is 5.75 Å². The van der Waals surface area contributed by atoms with Crippen LogP contribution in [0.4, 0.5) is 5.69 Å². The monoisotopic (exact) mass is 173 g/mol. The number of hydrogen-bond donors (Lipinski definition) is 0. The van der Waals surface area contributed by atoms with Gasteiger partial charge in [-0.1, -0.05) is 5.92 Å². The van der Waals surface area contributed by atoms with Gasteiger partial charge in [-0.15, -0.1) is 5.92 Å². The predicted octanol–water partition coefficient (Wildman–Crippen LogP) is 2.42. The van der Waals surface area contributed by atoms with Crippen LogP contribution in [0.1, 0.15) is 6.92 Å². The van der Waals surface area contributed by atoms with Gasteiger partial charge >= 0.3 is 0 Å². The molecule has 0 bridgehead atoms. The van der Waals surface area contributed by atoms with E-state index >= 15 is 0 Å². The maximum Gasteiger partial charge on any atom is 0.119 e. The van der Waals surface area contributed by atoms with E-state index in [4.69, 9.17) is 4.74 Å². The molecule has 0 saturated heterocycles. The van der Waals surface area contributed by atoms with Crippen LogP contribution in [0.15, 0.2) is 29.3 Å². The molecule has 0 unspecified atom stereocenters. The van der Waals surface area contributed by atoms with Crippen molar-refractivity contribution in [3.8, 4) is 17.6 Å². The topological polar surface area (TPSA) is 21.6 Å². The average molecular weight is 173 g/mol. The lowest BCUT2D eigenvalue weighted by Gasteiger charge is -1.97. The molecule has 0 amide bonds. The molecule has 0 saturated carbocycles. The van der Waals surface area contributed by atoms with Crippen molar-refractivity contribution in [3.05, 3.63) is 24.3 Å². The van der Waals surface area contributed by atoms with Gasteiger partial charge in [-0.25, -0.2) is 4.99 Å². The maximum atomic E-state index is 5.01. The van der Waals surface area contributed by atoms with Crippen LogP contribution in [0.3, 0.4) is 0 Å². The second-order valence-electron chi connectivity index (χ2n) is 2.35. The summed E-state index contributed by atoms with van der Waals surface area (Å²) in [4.78, 5) is 4.12. The van der Waals surface area contributed by atoms with E-state index in [1.165, 1.54) is 0 Å². The molecule has 2 nitrogen and oxygen atoms in total. The molecule has 0 atom stereocenters. The van der Waals surface area contributed by atoms with E-state index in [1.54, 1.807) is 20.2 Å². The number of ether oxygens (including phenoxy) is 1. The molecule has 0 aliphatic heterocycles. The number of nitrogens with zero attached hydrogens (tertiary/aromatic N) is 1. The number of aliphatic imine (C=N–C) groups is 1. The molecule has 2 heteroatoms. The van der Waals surface area contributed by atoms with E-state index in [0.29, 0.717) is 0 Å². The third-order valence-electron chi connectivity index (χ3n) is 1.49. The molecule has 1 aromatic carbocycles. The molecular formula is C11H11NO. The Morgan fingerprint density at radius 2 is 2.00 bits per heavy atom. The molecule has 1 rings (SSSR count). The quantitative estimate of drug-likeness (QED) is 0.497. The number of methoxy groups -OCH3 is 1. The Morgan fingerprint density at radius 3 is 2.54 bits per heavy atom. The van der Waals surface area contributed by atoms with Crippen molar-refractivity contribution in [3.63, 3.8) is 0 Å². The normalized spacial score (nSPS) is 9.38. The van der Waals surface area contributed by atoms with Gasteiger partial charge in [-0.05, 0) is 31.2 Å². The van der Waals surface area contributed by atoms with E-state index < -0.39 is 0 Å². The Bertz CT molecular complexity index is 341. The highest BCUT2D eigenvalue weighted by atomic mass is 16.5. The fourth-order valence-corrected chi connectivity index (χ4v) is 0.840. The lowest BCUT2D eigenvalue weighted by molar-refractivity contribution is 0.415. The van der Waals surface area contributed by atoms with Crippen molar-refractivity contribution < 1.29 is 4.74 Å². The number of rotatable bonds is 2. The van der Waals surface area contributed by atoms with Crippen LogP contribution in [0.2, 0.25) is 0 Å². The van der Waals surface area contributed by atoms with Gasteiger partial charge in [0.25, 0.3) is 0 Å². The third kappa shape index (κ3) is 3.00. The predicted molar refractivity (Wildman–Crippen MR) is 54.6 cm³/mol. The van der Waals surface area contributed by atoms with Gasteiger partial charge in [-0.2, -0.15) is 0 Å². The molecule has 0 spiro atoms. The Kier molecular flexibility index (Phi) is 3.59. The highest BCUT2D eigenvalue weighted by Gasteiger charge is 1.89. The molecule has 0 N–H and O–H groups in total. The Balaban J connectivity index is 2.73. The molecule has 0 heterocycles. The Hall–Kier alpha value is -1.75. The molecule has 0 fully saturated rings. The SMILES string of the molecule is CC#CC=Nc1ccc(OC)cc1. The largest absolute Gasteiger partial charge is 0.497 e. The summed E-state index contributed by atoms with van der Waals surface area (Å²) in [6.45, 7) is 1.78. The lowest BCUT2D eigenvalue weighted by atomic mass is 10.3. The number of hydrogen-bond acceptors (Lipinski definition) is 2. The Labute approximate surface area is 78.3 Å². The molecule has 0 radical (unpaired) electrons. The van der Waals surface area contributed by atoms with Crippen molar-refractivity contribution in [1.82, 2.24) is 0 Å². The van der Waals surface area contributed by atoms with E-state index in [1.807, 2.05) is 24.3 Å². The fourth-order valence-electron chi connectivity index (χ4n) is 0.840. The summed E-state index contributed by atoms with van der Waals surface area (Å²) in [7, 11) is 1.64. The molecule has 13 heavy (non-hydrogen) atoms. The lowest BCUT2D eigenvalue weighted by Crippen LogP contribution is -1.79. The summed E-state index contributed by atoms with van der Waals surface area (Å²) in [5.41, 5.74) is 0.878. The molecule has 0 aliphatic carbocycles. The molecule has 1 aromatic rings. The maximum absolute atomic E-state index is 5.01. The minimum Gasteiger partial charge on any atom is -0.497 e. The second-order valence-corrected chi connectivity index (χ2v) is 2.35. The van der Waals surface area contributed by atoms with Crippen LogP contribution in [-0.4, -0.2) is 13.3 Å². The summed E-state index contributed by atoms with van der Waals surface area (Å²) in [6, 6.07) is 7.50. The first-order valence-electron chi connectivity index (χ1n) is 3.95. The first kappa shape index (κ1) is 9.34. The van der Waals surface area contributed by atoms with Gasteiger partial charge in [0.05, 0.1) is 19.0 Å². The zero-order valence-electron chi connectivity index (χ0n) is 7.74. The van der Waals surface area contributed by atoms with Gasteiger partial charge in [0.15, 0.2) is 0 Å². The van der Waals surface area contributed by atoms with Crippen LogP contribution in [-0.2, 0) is 0 Å². The Morgan fingerprint density at radius 1 is 1.31 bits per heavy atom. The standard InChI is InChI=1S/C11H11NO/c1-3-4-9-12-10-5-7-11(13-2)8-6-10/h5-9H,1-2H3. The van der Waals surface area contributed by atoms with Crippen molar-refractivity contribution in [2.75, 3.05) is 7.11 Å². The summed E-state index contributed by atoms with van der Waals surface area (Å²) in [5, 5.41) is 0. The zero-order chi connectivity index (χ0) is 9.52. The van der Waals surface area contributed by atoms with Crippen LogP contribution in [0, 0.1) is 11.8 Å². The van der Waals surface area contributed by atoms with Gasteiger partial charge in [-0.3, -0.25) is 0 Å². The minimum atomic E-state index is 0.834. The van der Waals surface area contributed by atoms with E-state index in [-0.39, 0.29) is 0 Å².